The largest absolute Gasteiger partial charge is 0.263 e. The molecule has 1 heterocycles. The molecular formula is C53H69N. The Bertz CT molecular complexity index is 1930. The minimum atomic E-state index is -0.0201. The predicted molar refractivity (Wildman–Crippen MR) is 238 cm³/mol. The third-order valence-electron chi connectivity index (χ3n) is 11.0. The van der Waals surface area contributed by atoms with Crippen LogP contribution in [0.3, 0.4) is 0 Å². The van der Waals surface area contributed by atoms with Crippen LogP contribution in [0.15, 0.2) is 91.3 Å². The van der Waals surface area contributed by atoms with E-state index in [2.05, 4.69) is 203 Å². The van der Waals surface area contributed by atoms with E-state index in [1.54, 1.807) is 0 Å². The van der Waals surface area contributed by atoms with Gasteiger partial charge in [0.1, 0.15) is 0 Å². The molecule has 0 fully saturated rings. The van der Waals surface area contributed by atoms with E-state index in [1.807, 2.05) is 12.4 Å². The van der Waals surface area contributed by atoms with Gasteiger partial charge in [0.15, 0.2) is 0 Å². The van der Waals surface area contributed by atoms with Crippen LogP contribution in [0.25, 0.3) is 44.5 Å². The monoisotopic (exact) mass is 720 g/mol. The van der Waals surface area contributed by atoms with Gasteiger partial charge >= 0.3 is 0 Å². The lowest BCUT2D eigenvalue weighted by Gasteiger charge is -2.27. The molecule has 5 rings (SSSR count). The predicted octanol–water partition coefficient (Wildman–Crippen LogP) is 15.5. The second-order valence-electron chi connectivity index (χ2n) is 22.2. The first-order chi connectivity index (χ1) is 24.5. The van der Waals surface area contributed by atoms with Gasteiger partial charge in [0, 0.05) is 23.5 Å². The fourth-order valence-electron chi connectivity index (χ4n) is 6.86. The molecule has 5 aromatic rings. The highest BCUT2D eigenvalue weighted by Gasteiger charge is 2.25. The molecule has 0 bridgehead atoms. The van der Waals surface area contributed by atoms with Crippen LogP contribution in [0.2, 0.25) is 0 Å². The molecule has 0 aliphatic rings. The van der Waals surface area contributed by atoms with Crippen molar-refractivity contribution in [1.82, 2.24) is 4.98 Å². The van der Waals surface area contributed by atoms with Crippen LogP contribution in [-0.4, -0.2) is 4.98 Å². The quantitative estimate of drug-likeness (QED) is 0.180. The van der Waals surface area contributed by atoms with Crippen molar-refractivity contribution in [2.45, 2.75) is 157 Å². The van der Waals surface area contributed by atoms with Crippen LogP contribution in [0.5, 0.6) is 0 Å². The summed E-state index contributed by atoms with van der Waals surface area (Å²) in [4.78, 5) is 4.91. The number of benzene rings is 4. The van der Waals surface area contributed by atoms with E-state index in [0.717, 1.165) is 11.1 Å². The summed E-state index contributed by atoms with van der Waals surface area (Å²) >= 11 is 0. The SMILES string of the molecule is CC(C)(C)c1cc(-c2cncc(-c3cc(-c4cc(C(C)(C)C)cc(C(C)(C)C)c4)cc(C(C)(C)C)c3)c2)cc(-c2cc(C(C)(C)C)cc(C(C)(C)C)c2)c1. The third-order valence-corrected chi connectivity index (χ3v) is 11.0. The molecule has 54 heavy (non-hydrogen) atoms. The van der Waals surface area contributed by atoms with E-state index in [1.165, 1.54) is 66.8 Å². The van der Waals surface area contributed by atoms with E-state index in [4.69, 9.17) is 4.98 Å². The summed E-state index contributed by atoms with van der Waals surface area (Å²) in [5, 5.41) is 0. The highest BCUT2D eigenvalue weighted by Crippen LogP contribution is 2.41. The minimum absolute atomic E-state index is 0.0201. The van der Waals surface area contributed by atoms with Crippen molar-refractivity contribution in [2.75, 3.05) is 0 Å². The lowest BCUT2D eigenvalue weighted by Crippen LogP contribution is -2.16. The van der Waals surface area contributed by atoms with Crippen LogP contribution >= 0.6 is 0 Å². The number of nitrogens with zero attached hydrogens (tertiary/aromatic N) is 1. The Morgan fingerprint density at radius 1 is 0.222 bits per heavy atom. The maximum atomic E-state index is 4.91. The molecule has 0 atom stereocenters. The molecule has 0 saturated carbocycles. The molecule has 1 heteroatoms. The molecule has 0 aliphatic carbocycles. The number of hydrogen-bond acceptors (Lipinski definition) is 1. The molecule has 0 spiro atoms. The van der Waals surface area contributed by atoms with Crippen molar-refractivity contribution in [3.05, 3.63) is 125 Å². The number of hydrogen-bond donors (Lipinski definition) is 0. The molecule has 0 aliphatic heterocycles. The standard InChI is InChI=1S/C53H69N/c1-48(2,3)42-22-34(38-26-44(50(7,8)9)30-45(27-38)51(10,11)12)19-36(24-42)40-21-41(33-54-32-40)37-20-35(23-43(25-37)49(4,5)6)39-28-46(52(13,14)15)31-47(29-39)53(16,17)18/h19-33H,1-18H3. The average molecular weight is 720 g/mol. The Hall–Kier alpha value is -3.97. The van der Waals surface area contributed by atoms with Gasteiger partial charge < -0.3 is 0 Å². The topological polar surface area (TPSA) is 12.9 Å². The van der Waals surface area contributed by atoms with Crippen molar-refractivity contribution < 1.29 is 0 Å². The van der Waals surface area contributed by atoms with Crippen molar-refractivity contribution >= 4 is 0 Å². The molecule has 4 aromatic carbocycles. The Labute approximate surface area is 330 Å². The van der Waals surface area contributed by atoms with Gasteiger partial charge in [-0.15, -0.1) is 0 Å². The average Bonchev–Trinajstić information content (AvgIpc) is 3.05. The zero-order valence-corrected chi connectivity index (χ0v) is 37.1. The molecular weight excluding hydrogens is 651 g/mol. The van der Waals surface area contributed by atoms with Crippen LogP contribution in [0, 0.1) is 0 Å². The smallest absolute Gasteiger partial charge is 0.0346 e. The fraction of sp³-hybridized carbons (Fsp3) is 0.453. The van der Waals surface area contributed by atoms with E-state index >= 15 is 0 Å². The zero-order chi connectivity index (χ0) is 40.4. The number of aromatic nitrogens is 1. The van der Waals surface area contributed by atoms with E-state index in [0.29, 0.717) is 0 Å². The first-order valence-corrected chi connectivity index (χ1v) is 20.1. The molecule has 1 aromatic heterocycles. The lowest BCUT2D eigenvalue weighted by molar-refractivity contribution is 0.568. The van der Waals surface area contributed by atoms with Gasteiger partial charge in [0.25, 0.3) is 0 Å². The van der Waals surface area contributed by atoms with E-state index in [-0.39, 0.29) is 32.5 Å². The van der Waals surface area contributed by atoms with E-state index in [9.17, 15) is 0 Å². The summed E-state index contributed by atoms with van der Waals surface area (Å²) in [5.74, 6) is 0. The summed E-state index contributed by atoms with van der Waals surface area (Å²) < 4.78 is 0. The van der Waals surface area contributed by atoms with Crippen molar-refractivity contribution in [3.8, 4) is 44.5 Å². The molecule has 286 valence electrons. The first-order valence-electron chi connectivity index (χ1n) is 20.1. The molecule has 0 amide bonds. The fourth-order valence-corrected chi connectivity index (χ4v) is 6.86. The molecule has 0 saturated heterocycles. The van der Waals surface area contributed by atoms with Gasteiger partial charge in [-0.25, -0.2) is 0 Å². The maximum absolute atomic E-state index is 4.91. The normalized spacial score (nSPS) is 13.4. The van der Waals surface area contributed by atoms with Crippen LogP contribution in [0.1, 0.15) is 158 Å². The summed E-state index contributed by atoms with van der Waals surface area (Å²) in [6.45, 7) is 41.7. The summed E-state index contributed by atoms with van der Waals surface area (Å²) in [6, 6.07) is 31.2. The number of pyridine rings is 1. The van der Waals surface area contributed by atoms with Gasteiger partial charge in [-0.3, -0.25) is 4.98 Å². The second kappa shape index (κ2) is 14.0. The van der Waals surface area contributed by atoms with Gasteiger partial charge in [0.05, 0.1) is 0 Å². The van der Waals surface area contributed by atoms with Crippen molar-refractivity contribution in [3.63, 3.8) is 0 Å². The van der Waals surface area contributed by atoms with Crippen molar-refractivity contribution in [2.24, 2.45) is 0 Å². The minimum Gasteiger partial charge on any atom is -0.263 e. The van der Waals surface area contributed by atoms with E-state index < -0.39 is 0 Å². The van der Waals surface area contributed by atoms with Crippen LogP contribution in [0.4, 0.5) is 0 Å². The van der Waals surface area contributed by atoms with Crippen molar-refractivity contribution in [1.29, 1.82) is 0 Å². The maximum Gasteiger partial charge on any atom is 0.0346 e. The summed E-state index contributed by atoms with van der Waals surface area (Å²) in [5.41, 5.74) is 18.0. The van der Waals surface area contributed by atoms with Crippen LogP contribution < -0.4 is 0 Å². The highest BCUT2D eigenvalue weighted by atomic mass is 14.6. The molecule has 0 unspecified atom stereocenters. The summed E-state index contributed by atoms with van der Waals surface area (Å²) in [7, 11) is 0. The molecule has 0 N–H and O–H groups in total. The number of rotatable bonds is 4. The van der Waals surface area contributed by atoms with Gasteiger partial charge in [-0.1, -0.05) is 185 Å². The zero-order valence-electron chi connectivity index (χ0n) is 37.1. The Morgan fingerprint density at radius 2 is 0.389 bits per heavy atom. The molecule has 1 nitrogen and oxygen atoms in total. The van der Waals surface area contributed by atoms with Gasteiger partial charge in [-0.2, -0.15) is 0 Å². The Morgan fingerprint density at radius 3 is 0.611 bits per heavy atom. The molecule has 0 radical (unpaired) electrons. The lowest BCUT2D eigenvalue weighted by atomic mass is 9.78. The first kappa shape index (κ1) is 41.2. The Kier molecular flexibility index (Phi) is 10.6. The Balaban J connectivity index is 1.72. The summed E-state index contributed by atoms with van der Waals surface area (Å²) in [6.07, 6.45) is 4.08. The van der Waals surface area contributed by atoms with Gasteiger partial charge in [-0.05, 0) is 117 Å². The third kappa shape index (κ3) is 9.45. The highest BCUT2D eigenvalue weighted by molar-refractivity contribution is 5.80. The second-order valence-corrected chi connectivity index (χ2v) is 22.2. The van der Waals surface area contributed by atoms with Gasteiger partial charge in [0.2, 0.25) is 0 Å². The van der Waals surface area contributed by atoms with Crippen LogP contribution in [-0.2, 0) is 32.5 Å².